The van der Waals surface area contributed by atoms with E-state index >= 15 is 0 Å². The van der Waals surface area contributed by atoms with Crippen LogP contribution in [0.15, 0.2) is 40.4 Å². The number of hydrogen-bond acceptors (Lipinski definition) is 8. The van der Waals surface area contributed by atoms with Crippen molar-refractivity contribution in [2.24, 2.45) is 27.5 Å². The van der Waals surface area contributed by atoms with Crippen LogP contribution in [0.5, 0.6) is 0 Å². The van der Waals surface area contributed by atoms with Crippen molar-refractivity contribution in [3.8, 4) is 0 Å². The average Bonchev–Trinajstić information content (AvgIpc) is 3.02. The number of hydrogen-bond donors (Lipinski definition) is 7. The first-order valence-corrected chi connectivity index (χ1v) is 15.6. The van der Waals surface area contributed by atoms with E-state index in [1.807, 2.05) is 0 Å². The lowest BCUT2D eigenvalue weighted by atomic mass is 9.97. The number of carbonyl (C=O) groups is 6. The van der Waals surface area contributed by atoms with Gasteiger partial charge in [-0.25, -0.2) is 0 Å². The number of unbranched alkanes of at least 4 members (excludes halogenated alkanes) is 1. The normalized spacial score (nSPS) is 21.1. The van der Waals surface area contributed by atoms with Gasteiger partial charge >= 0.3 is 5.97 Å². The highest BCUT2D eigenvalue weighted by Gasteiger charge is 2.39. The number of aliphatic carboxylic acids is 1. The number of amides is 5. The molecule has 1 aliphatic rings. The lowest BCUT2D eigenvalue weighted by molar-refractivity contribution is -0.146. The maximum absolute atomic E-state index is 14.5. The SMILES string of the molecule is CC(C)[C@H]1C(=O)N[C@@H](CCCN=C(N)N)C(=O)NCC(=O)N[C@@H](CC(=O)O)C(=O)N[C@H](Cc2ccccc2)C(=O)N1CCCCN=[N+]=[N-]. The number of rotatable bonds is 14. The number of carbonyl (C=O) groups excluding carboxylic acids is 5. The Morgan fingerprint density at radius 2 is 1.65 bits per heavy atom. The Kier molecular flexibility index (Phi) is 16.2. The van der Waals surface area contributed by atoms with Gasteiger partial charge in [-0.3, -0.25) is 33.8 Å². The molecule has 0 unspecified atom stereocenters. The van der Waals surface area contributed by atoms with Gasteiger partial charge in [0.2, 0.25) is 29.5 Å². The Bertz CT molecular complexity index is 1360. The van der Waals surface area contributed by atoms with E-state index in [0.29, 0.717) is 18.4 Å². The van der Waals surface area contributed by atoms with E-state index in [9.17, 15) is 33.9 Å². The molecular formula is C30H45N11O7. The Hall–Kier alpha value is -5.38. The minimum absolute atomic E-state index is 0.0196. The molecule has 1 aromatic rings. The van der Waals surface area contributed by atoms with Gasteiger partial charge in [0.05, 0.1) is 13.0 Å². The molecule has 262 valence electrons. The van der Waals surface area contributed by atoms with Crippen LogP contribution in [0, 0.1) is 5.92 Å². The zero-order valence-electron chi connectivity index (χ0n) is 27.1. The molecule has 18 heteroatoms. The first kappa shape index (κ1) is 38.8. The van der Waals surface area contributed by atoms with Crippen LogP contribution < -0.4 is 32.7 Å². The van der Waals surface area contributed by atoms with Gasteiger partial charge in [0.15, 0.2) is 5.96 Å². The maximum Gasteiger partial charge on any atom is 0.305 e. The van der Waals surface area contributed by atoms with Gasteiger partial charge in [-0.15, -0.1) is 0 Å². The summed E-state index contributed by atoms with van der Waals surface area (Å²) in [6.45, 7) is 3.15. The molecule has 18 nitrogen and oxygen atoms in total. The Morgan fingerprint density at radius 3 is 2.27 bits per heavy atom. The molecule has 1 saturated heterocycles. The standard InChI is InChI=1S/C30H45N11O7/c1-18(2)25-28(47)38-20(11-8-12-34-30(31)32)26(45)35-17-23(42)37-21(16-24(43)44)27(46)39-22(15-19-9-4-3-5-10-19)29(48)41(25)14-7-6-13-36-40-33/h3-5,9-10,18,20-22,25H,6-8,11-17H2,1-2H3,(H,35,45)(H,37,42)(H,38,47)(H,39,46)(H,43,44)(H4,31,32,34)/t20-,21-,22+,25-/m0/s1. The van der Waals surface area contributed by atoms with Crippen molar-refractivity contribution < 1.29 is 33.9 Å². The summed E-state index contributed by atoms with van der Waals surface area (Å²) in [6, 6.07) is 3.60. The maximum atomic E-state index is 14.5. The molecule has 0 bridgehead atoms. The van der Waals surface area contributed by atoms with Gasteiger partial charge in [0.25, 0.3) is 0 Å². The molecule has 0 spiro atoms. The molecule has 1 aromatic carbocycles. The lowest BCUT2D eigenvalue weighted by Gasteiger charge is -2.37. The van der Waals surface area contributed by atoms with Gasteiger partial charge in [-0.05, 0) is 42.7 Å². The van der Waals surface area contributed by atoms with E-state index in [1.165, 1.54) is 4.90 Å². The van der Waals surface area contributed by atoms with Crippen molar-refractivity contribution in [2.75, 3.05) is 26.2 Å². The summed E-state index contributed by atoms with van der Waals surface area (Å²) in [6.07, 6.45) is 0.234. The van der Waals surface area contributed by atoms with Gasteiger partial charge in [0.1, 0.15) is 24.2 Å². The third kappa shape index (κ3) is 13.2. The van der Waals surface area contributed by atoms with Crippen LogP contribution >= 0.6 is 0 Å². The largest absolute Gasteiger partial charge is 0.481 e. The molecule has 1 fully saturated rings. The van der Waals surface area contributed by atoms with Crippen LogP contribution in [0.3, 0.4) is 0 Å². The van der Waals surface area contributed by atoms with Crippen LogP contribution in [0.4, 0.5) is 0 Å². The van der Waals surface area contributed by atoms with Gasteiger partial charge < -0.3 is 42.7 Å². The monoisotopic (exact) mass is 671 g/mol. The van der Waals surface area contributed by atoms with Gasteiger partial charge in [0, 0.05) is 31.0 Å². The zero-order valence-corrected chi connectivity index (χ0v) is 27.1. The van der Waals surface area contributed by atoms with Crippen LogP contribution in [0.2, 0.25) is 0 Å². The Labute approximate surface area is 278 Å². The molecule has 4 atom stereocenters. The molecule has 0 aliphatic carbocycles. The second-order valence-corrected chi connectivity index (χ2v) is 11.6. The number of azide groups is 1. The van der Waals surface area contributed by atoms with Crippen LogP contribution in [0.25, 0.3) is 10.4 Å². The highest BCUT2D eigenvalue weighted by molar-refractivity contribution is 5.98. The average molecular weight is 672 g/mol. The van der Waals surface area contributed by atoms with E-state index in [1.54, 1.807) is 44.2 Å². The molecule has 1 heterocycles. The summed E-state index contributed by atoms with van der Waals surface area (Å²) >= 11 is 0. The number of guanidine groups is 1. The van der Waals surface area contributed by atoms with Crippen molar-refractivity contribution >= 4 is 41.5 Å². The second kappa shape index (κ2) is 20.0. The lowest BCUT2D eigenvalue weighted by Crippen LogP contribution is -2.61. The Morgan fingerprint density at radius 1 is 0.958 bits per heavy atom. The molecular weight excluding hydrogens is 626 g/mol. The number of benzene rings is 1. The third-order valence-corrected chi connectivity index (χ3v) is 7.42. The summed E-state index contributed by atoms with van der Waals surface area (Å²) < 4.78 is 0. The predicted octanol–water partition coefficient (Wildman–Crippen LogP) is -0.715. The molecule has 2 rings (SSSR count). The smallest absolute Gasteiger partial charge is 0.305 e. The van der Waals surface area contributed by atoms with Crippen molar-refractivity contribution in [2.45, 2.75) is 76.5 Å². The summed E-state index contributed by atoms with van der Waals surface area (Å²) in [5.74, 6) is -5.85. The number of aliphatic imine (C=N–C) groups is 1. The summed E-state index contributed by atoms with van der Waals surface area (Å²) in [5, 5.41) is 23.1. The highest BCUT2D eigenvalue weighted by atomic mass is 16.4. The van der Waals surface area contributed by atoms with E-state index in [2.05, 4.69) is 36.3 Å². The number of carboxylic acids is 1. The quantitative estimate of drug-likeness (QED) is 0.0328. The fraction of sp³-hybridized carbons (Fsp3) is 0.567. The minimum Gasteiger partial charge on any atom is -0.481 e. The minimum atomic E-state index is -1.59. The van der Waals surface area contributed by atoms with Crippen molar-refractivity contribution in [3.05, 3.63) is 46.3 Å². The molecule has 0 radical (unpaired) electrons. The number of nitrogens with zero attached hydrogens (tertiary/aromatic N) is 5. The predicted molar refractivity (Wildman–Crippen MR) is 175 cm³/mol. The van der Waals surface area contributed by atoms with E-state index < -0.39 is 78.6 Å². The summed E-state index contributed by atoms with van der Waals surface area (Å²) in [4.78, 5) is 87.6. The molecule has 9 N–H and O–H groups in total. The van der Waals surface area contributed by atoms with Crippen molar-refractivity contribution in [3.63, 3.8) is 0 Å². The van der Waals surface area contributed by atoms with Crippen molar-refractivity contribution in [1.29, 1.82) is 0 Å². The zero-order chi connectivity index (χ0) is 35.6. The van der Waals surface area contributed by atoms with Crippen LogP contribution in [-0.4, -0.2) is 102 Å². The fourth-order valence-corrected chi connectivity index (χ4v) is 5.17. The molecule has 5 amide bonds. The topological polar surface area (TPSA) is 287 Å². The third-order valence-electron chi connectivity index (χ3n) is 7.42. The van der Waals surface area contributed by atoms with Crippen LogP contribution in [-0.2, 0) is 35.2 Å². The fourth-order valence-electron chi connectivity index (χ4n) is 5.17. The molecule has 1 aliphatic heterocycles. The first-order valence-electron chi connectivity index (χ1n) is 15.6. The van der Waals surface area contributed by atoms with Crippen molar-refractivity contribution in [1.82, 2.24) is 26.2 Å². The number of nitrogens with two attached hydrogens (primary N) is 2. The number of nitrogens with one attached hydrogen (secondary N) is 4. The van der Waals surface area contributed by atoms with Crippen LogP contribution in [0.1, 0.15) is 51.5 Å². The van der Waals surface area contributed by atoms with Gasteiger partial charge in [-0.2, -0.15) is 0 Å². The van der Waals surface area contributed by atoms with E-state index in [-0.39, 0.29) is 44.9 Å². The molecule has 0 aromatic heterocycles. The van der Waals surface area contributed by atoms with E-state index in [4.69, 9.17) is 17.0 Å². The number of carboxylic acid groups (broad SMARTS) is 1. The Balaban J connectivity index is 2.64. The van der Waals surface area contributed by atoms with E-state index in [0.717, 1.165) is 0 Å². The second-order valence-electron chi connectivity index (χ2n) is 11.6. The van der Waals surface area contributed by atoms with Gasteiger partial charge in [-0.1, -0.05) is 49.3 Å². The molecule has 48 heavy (non-hydrogen) atoms. The first-order chi connectivity index (χ1) is 22.8. The summed E-state index contributed by atoms with van der Waals surface area (Å²) in [5.41, 5.74) is 20.1. The summed E-state index contributed by atoms with van der Waals surface area (Å²) in [7, 11) is 0. The molecule has 0 saturated carbocycles. The highest BCUT2D eigenvalue weighted by Crippen LogP contribution is 2.18.